The molecule has 1 aliphatic heterocycles. The van der Waals surface area contributed by atoms with Gasteiger partial charge in [0.05, 0.1) is 18.0 Å². The molecule has 2 aromatic rings. The van der Waals surface area contributed by atoms with Crippen LogP contribution in [-0.2, 0) is 14.3 Å². The van der Waals surface area contributed by atoms with Crippen molar-refractivity contribution in [1.82, 2.24) is 9.97 Å². The fourth-order valence-electron chi connectivity index (χ4n) is 2.97. The first kappa shape index (κ1) is 19.2. The Morgan fingerprint density at radius 2 is 1.96 bits per heavy atom. The lowest BCUT2D eigenvalue weighted by Gasteiger charge is -2.36. The maximum atomic E-state index is 11.9. The lowest BCUT2D eigenvalue weighted by Crippen LogP contribution is -2.30. The fourth-order valence-corrected chi connectivity index (χ4v) is 3.54. The SMILES string of the molecule is CCOC(=O)C=C(SC)c1ccc2c(c1)N(COC)c1nccnc1N2C. The number of fused-ring (bicyclic) bond motifs is 2. The summed E-state index contributed by atoms with van der Waals surface area (Å²) >= 11 is 1.50. The van der Waals surface area contributed by atoms with Crippen molar-refractivity contribution < 1.29 is 14.3 Å². The Balaban J connectivity index is 2.08. The Hall–Kier alpha value is -2.58. The Labute approximate surface area is 163 Å². The summed E-state index contributed by atoms with van der Waals surface area (Å²) < 4.78 is 10.4. The Morgan fingerprint density at radius 3 is 2.63 bits per heavy atom. The zero-order valence-corrected chi connectivity index (χ0v) is 16.6. The van der Waals surface area contributed by atoms with Gasteiger partial charge in [-0.3, -0.25) is 4.90 Å². The molecule has 0 radical (unpaired) electrons. The molecule has 2 heterocycles. The molecular weight excluding hydrogens is 364 g/mol. The summed E-state index contributed by atoms with van der Waals surface area (Å²) in [4.78, 5) is 25.6. The molecule has 0 fully saturated rings. The number of thioether (sulfide) groups is 1. The molecule has 7 nitrogen and oxygen atoms in total. The minimum atomic E-state index is -0.346. The molecule has 0 spiro atoms. The standard InChI is InChI=1S/C19H22N4O3S/c1-5-26-17(24)11-16(27-4)13-6-7-14-15(10-13)23(12-25-3)19-18(22(14)2)20-8-9-21-19/h6-11H,5,12H2,1-4H3. The highest BCUT2D eigenvalue weighted by Gasteiger charge is 2.29. The molecule has 27 heavy (non-hydrogen) atoms. The van der Waals surface area contributed by atoms with E-state index >= 15 is 0 Å². The van der Waals surface area contributed by atoms with Crippen molar-refractivity contribution >= 4 is 45.6 Å². The smallest absolute Gasteiger partial charge is 0.331 e. The minimum Gasteiger partial charge on any atom is -0.463 e. The second-order valence-electron chi connectivity index (χ2n) is 5.78. The van der Waals surface area contributed by atoms with E-state index in [0.29, 0.717) is 13.3 Å². The number of ether oxygens (including phenoxy) is 2. The van der Waals surface area contributed by atoms with E-state index in [-0.39, 0.29) is 5.97 Å². The van der Waals surface area contributed by atoms with Crippen molar-refractivity contribution in [3.63, 3.8) is 0 Å². The van der Waals surface area contributed by atoms with Gasteiger partial charge in [-0.1, -0.05) is 6.07 Å². The van der Waals surface area contributed by atoms with Gasteiger partial charge in [0.15, 0.2) is 11.6 Å². The number of carbonyl (C=O) groups is 1. The molecule has 0 amide bonds. The highest BCUT2D eigenvalue weighted by atomic mass is 32.2. The van der Waals surface area contributed by atoms with E-state index in [1.165, 1.54) is 17.8 Å². The first-order chi connectivity index (χ1) is 13.1. The summed E-state index contributed by atoms with van der Waals surface area (Å²) in [6.45, 7) is 2.48. The van der Waals surface area contributed by atoms with Gasteiger partial charge in [-0.05, 0) is 30.9 Å². The van der Waals surface area contributed by atoms with Crippen LogP contribution in [0, 0.1) is 0 Å². The van der Waals surface area contributed by atoms with Crippen LogP contribution >= 0.6 is 11.8 Å². The third kappa shape index (κ3) is 3.77. The molecule has 1 aromatic carbocycles. The normalized spacial score (nSPS) is 13.3. The number of benzene rings is 1. The molecule has 1 aliphatic rings. The van der Waals surface area contributed by atoms with E-state index in [1.807, 2.05) is 41.3 Å². The monoisotopic (exact) mass is 386 g/mol. The third-order valence-electron chi connectivity index (χ3n) is 4.16. The molecule has 0 saturated heterocycles. The molecule has 3 rings (SSSR count). The van der Waals surface area contributed by atoms with E-state index in [0.717, 1.165) is 33.5 Å². The third-order valence-corrected chi connectivity index (χ3v) is 4.95. The van der Waals surface area contributed by atoms with Crippen LogP contribution in [0.1, 0.15) is 12.5 Å². The Bertz CT molecular complexity index is 872. The van der Waals surface area contributed by atoms with Crippen molar-refractivity contribution in [2.75, 3.05) is 43.6 Å². The zero-order chi connectivity index (χ0) is 19.4. The molecule has 8 heteroatoms. The molecule has 0 N–H and O–H groups in total. The molecular formula is C19H22N4O3S. The minimum absolute atomic E-state index is 0.339. The van der Waals surface area contributed by atoms with E-state index in [9.17, 15) is 4.79 Å². The van der Waals surface area contributed by atoms with Crippen LogP contribution in [0.2, 0.25) is 0 Å². The van der Waals surface area contributed by atoms with Gasteiger partial charge in [-0.15, -0.1) is 11.8 Å². The van der Waals surface area contributed by atoms with Gasteiger partial charge in [-0.2, -0.15) is 0 Å². The van der Waals surface area contributed by atoms with Crippen LogP contribution in [0.25, 0.3) is 4.91 Å². The van der Waals surface area contributed by atoms with Crippen molar-refractivity contribution in [1.29, 1.82) is 0 Å². The van der Waals surface area contributed by atoms with E-state index in [4.69, 9.17) is 9.47 Å². The molecule has 0 saturated carbocycles. The van der Waals surface area contributed by atoms with Crippen LogP contribution in [0.15, 0.2) is 36.7 Å². The van der Waals surface area contributed by atoms with Crippen LogP contribution in [0.5, 0.6) is 0 Å². The van der Waals surface area contributed by atoms with E-state index in [1.54, 1.807) is 26.4 Å². The second-order valence-corrected chi connectivity index (χ2v) is 6.62. The van der Waals surface area contributed by atoms with Gasteiger partial charge < -0.3 is 14.4 Å². The quantitative estimate of drug-likeness (QED) is 0.551. The number of nitrogens with zero attached hydrogens (tertiary/aromatic N) is 4. The largest absolute Gasteiger partial charge is 0.463 e. The van der Waals surface area contributed by atoms with E-state index in [2.05, 4.69) is 9.97 Å². The molecule has 0 bridgehead atoms. The highest BCUT2D eigenvalue weighted by Crippen LogP contribution is 2.46. The number of esters is 1. The van der Waals surface area contributed by atoms with Gasteiger partial charge in [0.1, 0.15) is 6.73 Å². The average molecular weight is 386 g/mol. The number of carbonyl (C=O) groups excluding carboxylic acids is 1. The van der Waals surface area contributed by atoms with Gasteiger partial charge >= 0.3 is 5.97 Å². The first-order valence-corrected chi connectivity index (χ1v) is 9.71. The van der Waals surface area contributed by atoms with Gasteiger partial charge in [0, 0.05) is 37.5 Å². The van der Waals surface area contributed by atoms with Crippen LogP contribution in [-0.4, -0.2) is 49.7 Å². The highest BCUT2D eigenvalue weighted by molar-refractivity contribution is 8.07. The number of rotatable bonds is 6. The van der Waals surface area contributed by atoms with Crippen LogP contribution < -0.4 is 9.80 Å². The van der Waals surface area contributed by atoms with Crippen molar-refractivity contribution in [2.24, 2.45) is 0 Å². The summed E-state index contributed by atoms with van der Waals surface area (Å²) in [6, 6.07) is 6.04. The molecule has 0 unspecified atom stereocenters. The van der Waals surface area contributed by atoms with Gasteiger partial charge in [-0.25, -0.2) is 14.8 Å². The maximum Gasteiger partial charge on any atom is 0.331 e. The zero-order valence-electron chi connectivity index (χ0n) is 15.8. The summed E-state index contributed by atoms with van der Waals surface area (Å²) in [5.74, 6) is 1.15. The number of methoxy groups -OCH3 is 1. The van der Waals surface area contributed by atoms with Crippen molar-refractivity contribution in [2.45, 2.75) is 6.92 Å². The van der Waals surface area contributed by atoms with Gasteiger partial charge in [0.2, 0.25) is 0 Å². The topological polar surface area (TPSA) is 67.8 Å². The molecule has 0 aliphatic carbocycles. The predicted octanol–water partition coefficient (Wildman–Crippen LogP) is 3.57. The average Bonchev–Trinajstić information content (AvgIpc) is 2.69. The maximum absolute atomic E-state index is 11.9. The Kier molecular flexibility index (Phi) is 5.98. The summed E-state index contributed by atoms with van der Waals surface area (Å²) in [5.41, 5.74) is 2.85. The molecule has 0 atom stereocenters. The second kappa shape index (κ2) is 8.41. The van der Waals surface area contributed by atoms with Crippen molar-refractivity contribution in [3.8, 4) is 0 Å². The summed E-state index contributed by atoms with van der Waals surface area (Å²) in [5, 5.41) is 0. The number of hydrogen-bond donors (Lipinski definition) is 0. The lowest BCUT2D eigenvalue weighted by atomic mass is 10.1. The molecule has 1 aromatic heterocycles. The van der Waals surface area contributed by atoms with Crippen LogP contribution in [0.4, 0.5) is 23.0 Å². The predicted molar refractivity (Wildman–Crippen MR) is 109 cm³/mol. The first-order valence-electron chi connectivity index (χ1n) is 8.48. The number of hydrogen-bond acceptors (Lipinski definition) is 8. The van der Waals surface area contributed by atoms with Crippen molar-refractivity contribution in [3.05, 3.63) is 42.2 Å². The Morgan fingerprint density at radius 1 is 1.22 bits per heavy atom. The summed E-state index contributed by atoms with van der Waals surface area (Å²) in [7, 11) is 3.60. The van der Waals surface area contributed by atoms with E-state index < -0.39 is 0 Å². The van der Waals surface area contributed by atoms with Crippen LogP contribution in [0.3, 0.4) is 0 Å². The fraction of sp³-hybridized carbons (Fsp3) is 0.316. The number of aromatic nitrogens is 2. The van der Waals surface area contributed by atoms with Gasteiger partial charge in [0.25, 0.3) is 0 Å². The lowest BCUT2D eigenvalue weighted by molar-refractivity contribution is -0.137. The summed E-state index contributed by atoms with van der Waals surface area (Å²) in [6.07, 6.45) is 6.80. The number of anilines is 4. The molecule has 142 valence electrons.